The van der Waals surface area contributed by atoms with Crippen LogP contribution in [0, 0.1) is 5.92 Å². The monoisotopic (exact) mass is 299 g/mol. The maximum absolute atomic E-state index is 5.64. The number of methoxy groups -OCH3 is 1. The predicted molar refractivity (Wildman–Crippen MR) is 70.3 cm³/mol. The van der Waals surface area contributed by atoms with Crippen molar-refractivity contribution < 1.29 is 4.74 Å². The van der Waals surface area contributed by atoms with Crippen LogP contribution in [0.25, 0.3) is 0 Å². The summed E-state index contributed by atoms with van der Waals surface area (Å²) in [7, 11) is 1.76. The third kappa shape index (κ3) is 3.48. The Morgan fingerprint density at radius 2 is 2.35 bits per heavy atom. The van der Waals surface area contributed by atoms with E-state index in [4.69, 9.17) is 10.6 Å². The summed E-state index contributed by atoms with van der Waals surface area (Å²) < 4.78 is 6.55. The van der Waals surface area contributed by atoms with Gasteiger partial charge in [-0.1, -0.05) is 0 Å². The summed E-state index contributed by atoms with van der Waals surface area (Å²) in [4.78, 5) is 4.16. The molecule has 5 heteroatoms. The highest BCUT2D eigenvalue weighted by Crippen LogP contribution is 2.36. The van der Waals surface area contributed by atoms with Gasteiger partial charge in [-0.05, 0) is 52.7 Å². The minimum absolute atomic E-state index is 0.142. The van der Waals surface area contributed by atoms with Crippen LogP contribution >= 0.6 is 15.9 Å². The molecule has 1 aliphatic carbocycles. The number of rotatable bonds is 6. The van der Waals surface area contributed by atoms with Crippen LogP contribution in [0.5, 0.6) is 0 Å². The second kappa shape index (κ2) is 5.91. The highest BCUT2D eigenvalue weighted by Gasteiger charge is 2.36. The summed E-state index contributed by atoms with van der Waals surface area (Å²) in [6.07, 6.45) is 7.16. The number of hydrogen-bond donors (Lipinski definition) is 2. The van der Waals surface area contributed by atoms with Crippen molar-refractivity contribution in [2.75, 3.05) is 7.11 Å². The summed E-state index contributed by atoms with van der Waals surface area (Å²) in [6, 6.07) is 2.21. The molecular weight excluding hydrogens is 282 g/mol. The van der Waals surface area contributed by atoms with E-state index in [1.807, 2.05) is 6.20 Å². The Balaban J connectivity index is 2.03. The molecule has 1 aromatic heterocycles. The summed E-state index contributed by atoms with van der Waals surface area (Å²) in [5, 5.41) is 0. The van der Waals surface area contributed by atoms with Crippen molar-refractivity contribution in [1.29, 1.82) is 0 Å². The van der Waals surface area contributed by atoms with Crippen molar-refractivity contribution in [1.82, 2.24) is 10.4 Å². The van der Waals surface area contributed by atoms with Crippen LogP contribution in [0.4, 0.5) is 0 Å². The zero-order chi connectivity index (χ0) is 12.3. The molecule has 0 spiro atoms. The molecule has 0 radical (unpaired) electrons. The Morgan fingerprint density at radius 3 is 2.88 bits per heavy atom. The highest BCUT2D eigenvalue weighted by molar-refractivity contribution is 9.10. The van der Waals surface area contributed by atoms with Gasteiger partial charge in [0.25, 0.3) is 0 Å². The van der Waals surface area contributed by atoms with Crippen LogP contribution in [0.3, 0.4) is 0 Å². The van der Waals surface area contributed by atoms with E-state index in [1.54, 1.807) is 13.3 Å². The smallest absolute Gasteiger partial charge is 0.0769 e. The first kappa shape index (κ1) is 13.0. The molecule has 1 saturated carbocycles. The van der Waals surface area contributed by atoms with Crippen LogP contribution in [-0.4, -0.2) is 24.2 Å². The Hall–Kier alpha value is -0.490. The van der Waals surface area contributed by atoms with E-state index in [1.165, 1.54) is 12.8 Å². The number of hydrazine groups is 1. The van der Waals surface area contributed by atoms with E-state index in [0.717, 1.165) is 16.5 Å². The fourth-order valence-electron chi connectivity index (χ4n) is 2.20. The first-order valence-electron chi connectivity index (χ1n) is 5.83. The van der Waals surface area contributed by atoms with Crippen LogP contribution < -0.4 is 11.3 Å². The molecule has 2 rings (SSSR count). The van der Waals surface area contributed by atoms with Crippen LogP contribution in [-0.2, 0) is 11.2 Å². The number of nitrogens with one attached hydrogen (secondary N) is 1. The van der Waals surface area contributed by atoms with E-state index in [2.05, 4.69) is 32.4 Å². The van der Waals surface area contributed by atoms with E-state index >= 15 is 0 Å². The SMILES string of the molecule is COC(C1CC1)C(Cc1cncc(Br)c1)NN. The number of ether oxygens (including phenoxy) is 1. The van der Waals surface area contributed by atoms with Gasteiger partial charge in [-0.2, -0.15) is 0 Å². The molecule has 4 nitrogen and oxygen atoms in total. The second-order valence-corrected chi connectivity index (χ2v) is 5.44. The second-order valence-electron chi connectivity index (χ2n) is 4.53. The predicted octanol–water partition coefficient (Wildman–Crippen LogP) is 1.64. The van der Waals surface area contributed by atoms with Crippen molar-refractivity contribution in [2.24, 2.45) is 11.8 Å². The number of pyridine rings is 1. The van der Waals surface area contributed by atoms with Gasteiger partial charge in [-0.25, -0.2) is 0 Å². The largest absolute Gasteiger partial charge is 0.379 e. The number of nitrogens with two attached hydrogens (primary N) is 1. The molecule has 17 heavy (non-hydrogen) atoms. The van der Waals surface area contributed by atoms with Gasteiger partial charge in [0, 0.05) is 24.0 Å². The van der Waals surface area contributed by atoms with Gasteiger partial charge in [0.05, 0.1) is 12.1 Å². The molecule has 1 heterocycles. The van der Waals surface area contributed by atoms with Gasteiger partial charge >= 0.3 is 0 Å². The average Bonchev–Trinajstić information content (AvgIpc) is 3.13. The van der Waals surface area contributed by atoms with Crippen molar-refractivity contribution in [3.63, 3.8) is 0 Å². The van der Waals surface area contributed by atoms with Gasteiger partial charge < -0.3 is 4.74 Å². The minimum atomic E-state index is 0.142. The lowest BCUT2D eigenvalue weighted by molar-refractivity contribution is 0.0511. The standard InChI is InChI=1S/C12H18BrN3O/c1-17-12(9-2-3-9)11(16-14)5-8-4-10(13)7-15-6-8/h4,6-7,9,11-12,16H,2-3,5,14H2,1H3. The maximum Gasteiger partial charge on any atom is 0.0769 e. The van der Waals surface area contributed by atoms with E-state index < -0.39 is 0 Å². The Labute approximate surface area is 110 Å². The van der Waals surface area contributed by atoms with Crippen molar-refractivity contribution in [3.05, 3.63) is 28.5 Å². The van der Waals surface area contributed by atoms with Gasteiger partial charge in [0.2, 0.25) is 0 Å². The van der Waals surface area contributed by atoms with Gasteiger partial charge in [-0.15, -0.1) is 0 Å². The van der Waals surface area contributed by atoms with Gasteiger partial charge in [0.1, 0.15) is 0 Å². The first-order chi connectivity index (χ1) is 8.24. The molecule has 0 aliphatic heterocycles. The minimum Gasteiger partial charge on any atom is -0.379 e. The normalized spacial score (nSPS) is 19.0. The summed E-state index contributed by atoms with van der Waals surface area (Å²) in [5.74, 6) is 6.29. The third-order valence-corrected chi connectivity index (χ3v) is 3.62. The molecule has 2 unspecified atom stereocenters. The topological polar surface area (TPSA) is 60.2 Å². The van der Waals surface area contributed by atoms with Crippen LogP contribution in [0.15, 0.2) is 22.9 Å². The summed E-state index contributed by atoms with van der Waals surface area (Å²) in [6.45, 7) is 0. The average molecular weight is 300 g/mol. The Bertz CT molecular complexity index is 371. The number of nitrogens with zero attached hydrogens (tertiary/aromatic N) is 1. The van der Waals surface area contributed by atoms with Gasteiger partial charge in [-0.3, -0.25) is 16.3 Å². The van der Waals surface area contributed by atoms with Crippen molar-refractivity contribution in [3.8, 4) is 0 Å². The molecule has 0 saturated heterocycles. The fourth-order valence-corrected chi connectivity index (χ4v) is 2.61. The lowest BCUT2D eigenvalue weighted by atomic mass is 10.00. The Kier molecular flexibility index (Phi) is 4.50. The number of aromatic nitrogens is 1. The number of halogens is 1. The maximum atomic E-state index is 5.64. The quantitative estimate of drug-likeness (QED) is 0.619. The molecule has 1 fully saturated rings. The molecular formula is C12H18BrN3O. The van der Waals surface area contributed by atoms with Gasteiger partial charge in [0.15, 0.2) is 0 Å². The molecule has 1 aromatic rings. The molecule has 0 bridgehead atoms. The Morgan fingerprint density at radius 1 is 1.59 bits per heavy atom. The molecule has 0 amide bonds. The molecule has 3 N–H and O–H groups in total. The molecule has 94 valence electrons. The summed E-state index contributed by atoms with van der Waals surface area (Å²) in [5.41, 5.74) is 4.03. The zero-order valence-electron chi connectivity index (χ0n) is 9.90. The van der Waals surface area contributed by atoms with Crippen molar-refractivity contribution in [2.45, 2.75) is 31.4 Å². The van der Waals surface area contributed by atoms with Crippen molar-refractivity contribution >= 4 is 15.9 Å². The van der Waals surface area contributed by atoms with E-state index in [9.17, 15) is 0 Å². The fraction of sp³-hybridized carbons (Fsp3) is 0.583. The van der Waals surface area contributed by atoms with E-state index in [-0.39, 0.29) is 12.1 Å². The molecule has 0 aromatic carbocycles. The first-order valence-corrected chi connectivity index (χ1v) is 6.62. The van der Waals surface area contributed by atoms with Crippen LogP contribution in [0.2, 0.25) is 0 Å². The lowest BCUT2D eigenvalue weighted by Crippen LogP contribution is -2.47. The third-order valence-electron chi connectivity index (χ3n) is 3.19. The molecule has 2 atom stereocenters. The van der Waals surface area contributed by atoms with E-state index in [0.29, 0.717) is 5.92 Å². The zero-order valence-corrected chi connectivity index (χ0v) is 11.5. The summed E-state index contributed by atoms with van der Waals surface area (Å²) >= 11 is 3.42. The van der Waals surface area contributed by atoms with Crippen LogP contribution in [0.1, 0.15) is 18.4 Å². The molecule has 1 aliphatic rings. The highest BCUT2D eigenvalue weighted by atomic mass is 79.9. The number of hydrogen-bond acceptors (Lipinski definition) is 4. The lowest BCUT2D eigenvalue weighted by Gasteiger charge is -2.25.